The lowest BCUT2D eigenvalue weighted by atomic mass is 9.74. The van der Waals surface area contributed by atoms with Crippen LogP contribution in [0.15, 0.2) is 30.4 Å². The van der Waals surface area contributed by atoms with Crippen molar-refractivity contribution in [1.82, 2.24) is 0 Å². The molecule has 1 aromatic rings. The second kappa shape index (κ2) is 5.39. The van der Waals surface area contributed by atoms with Gasteiger partial charge in [0.15, 0.2) is 0 Å². The first-order valence-electron chi connectivity index (χ1n) is 6.99. The minimum absolute atomic E-state index is 0.0187. The number of carbonyl (C=O) groups is 1. The molecule has 1 aliphatic carbocycles. The summed E-state index contributed by atoms with van der Waals surface area (Å²) < 4.78 is 19.5. The van der Waals surface area contributed by atoms with Gasteiger partial charge in [-0.2, -0.15) is 0 Å². The van der Waals surface area contributed by atoms with E-state index in [1.807, 2.05) is 19.9 Å². The van der Waals surface area contributed by atoms with E-state index in [0.717, 1.165) is 30.4 Å². The molecule has 1 unspecified atom stereocenters. The summed E-state index contributed by atoms with van der Waals surface area (Å²) in [6, 6.07) is 5.16. The van der Waals surface area contributed by atoms with Crippen LogP contribution in [0.2, 0.25) is 0 Å². The number of halogens is 1. The molecular weight excluding hydrogens is 255 g/mol. The Bertz CT molecular complexity index is 546. The number of benzene rings is 1. The molecule has 0 N–H and O–H groups in total. The molecule has 20 heavy (non-hydrogen) atoms. The Labute approximate surface area is 119 Å². The van der Waals surface area contributed by atoms with Crippen molar-refractivity contribution in [2.75, 3.05) is 0 Å². The summed E-state index contributed by atoms with van der Waals surface area (Å²) in [5.41, 5.74) is 1.45. The fourth-order valence-electron chi connectivity index (χ4n) is 2.92. The van der Waals surface area contributed by atoms with Gasteiger partial charge in [-0.05, 0) is 57.2 Å². The summed E-state index contributed by atoms with van der Waals surface area (Å²) in [4.78, 5) is 11.8. The minimum atomic E-state index is -0.668. The molecule has 0 radical (unpaired) electrons. The average Bonchev–Trinajstić information content (AvgIpc) is 2.38. The summed E-state index contributed by atoms with van der Waals surface area (Å²) >= 11 is 0. The standard InChI is InChI=1S/C17H21FO2/c1-11(2)16(19)20-17(3,4)14-9-5-8-13-12(14)7-6-10-15(13)18/h6-7,10,14H,1,5,8-9H2,2-4H3. The van der Waals surface area contributed by atoms with Gasteiger partial charge in [-0.15, -0.1) is 0 Å². The number of carbonyl (C=O) groups excluding carboxylic acids is 1. The van der Waals surface area contributed by atoms with Gasteiger partial charge >= 0.3 is 5.97 Å². The monoisotopic (exact) mass is 276 g/mol. The number of hydrogen-bond acceptors (Lipinski definition) is 2. The van der Waals surface area contributed by atoms with Crippen molar-refractivity contribution in [2.24, 2.45) is 0 Å². The van der Waals surface area contributed by atoms with Crippen LogP contribution in [-0.4, -0.2) is 11.6 Å². The first kappa shape index (κ1) is 14.8. The molecule has 0 aromatic heterocycles. The van der Waals surface area contributed by atoms with E-state index in [0.29, 0.717) is 5.57 Å². The summed E-state index contributed by atoms with van der Waals surface area (Å²) in [5, 5.41) is 0. The zero-order chi connectivity index (χ0) is 14.9. The van der Waals surface area contributed by atoms with E-state index >= 15 is 0 Å². The van der Waals surface area contributed by atoms with E-state index in [4.69, 9.17) is 4.74 Å². The molecule has 108 valence electrons. The lowest BCUT2D eigenvalue weighted by molar-refractivity contribution is -0.154. The van der Waals surface area contributed by atoms with Gasteiger partial charge < -0.3 is 4.74 Å². The van der Waals surface area contributed by atoms with Crippen LogP contribution in [0.3, 0.4) is 0 Å². The summed E-state index contributed by atoms with van der Waals surface area (Å²) in [7, 11) is 0. The SMILES string of the molecule is C=C(C)C(=O)OC(C)(C)C1CCCc2c(F)cccc21. The van der Waals surface area contributed by atoms with Gasteiger partial charge in [0, 0.05) is 11.5 Å². The predicted molar refractivity (Wildman–Crippen MR) is 77.1 cm³/mol. The third kappa shape index (κ3) is 2.77. The van der Waals surface area contributed by atoms with E-state index in [1.54, 1.807) is 13.0 Å². The molecule has 3 heteroatoms. The Morgan fingerprint density at radius 1 is 1.45 bits per heavy atom. The van der Waals surface area contributed by atoms with E-state index in [-0.39, 0.29) is 11.7 Å². The highest BCUT2D eigenvalue weighted by Crippen LogP contribution is 2.41. The second-order valence-electron chi connectivity index (χ2n) is 6.03. The second-order valence-corrected chi connectivity index (χ2v) is 6.03. The van der Waals surface area contributed by atoms with Gasteiger partial charge in [0.1, 0.15) is 11.4 Å². The van der Waals surface area contributed by atoms with E-state index in [1.165, 1.54) is 6.07 Å². The van der Waals surface area contributed by atoms with Gasteiger partial charge in [0.2, 0.25) is 0 Å². The van der Waals surface area contributed by atoms with Crippen molar-refractivity contribution in [1.29, 1.82) is 0 Å². The molecule has 0 fully saturated rings. The third-order valence-electron chi connectivity index (χ3n) is 3.99. The van der Waals surface area contributed by atoms with E-state index in [2.05, 4.69) is 6.58 Å². The van der Waals surface area contributed by atoms with E-state index < -0.39 is 11.6 Å². The molecule has 1 aliphatic rings. The highest BCUT2D eigenvalue weighted by atomic mass is 19.1. The summed E-state index contributed by atoms with van der Waals surface area (Å²) in [5.74, 6) is -0.530. The van der Waals surface area contributed by atoms with Crippen LogP contribution < -0.4 is 0 Å². The van der Waals surface area contributed by atoms with Crippen LogP contribution >= 0.6 is 0 Å². The normalized spacial score (nSPS) is 18.3. The average molecular weight is 276 g/mol. The molecule has 1 aromatic carbocycles. The topological polar surface area (TPSA) is 26.3 Å². The lowest BCUT2D eigenvalue weighted by Crippen LogP contribution is -2.37. The smallest absolute Gasteiger partial charge is 0.333 e. The van der Waals surface area contributed by atoms with Crippen molar-refractivity contribution in [3.05, 3.63) is 47.3 Å². The minimum Gasteiger partial charge on any atom is -0.456 e. The zero-order valence-electron chi connectivity index (χ0n) is 12.3. The van der Waals surface area contributed by atoms with Crippen molar-refractivity contribution < 1.29 is 13.9 Å². The van der Waals surface area contributed by atoms with Crippen LogP contribution in [0.5, 0.6) is 0 Å². The van der Waals surface area contributed by atoms with Crippen LogP contribution in [0.4, 0.5) is 4.39 Å². The molecule has 0 spiro atoms. The van der Waals surface area contributed by atoms with Gasteiger partial charge in [-0.3, -0.25) is 0 Å². The molecule has 1 atom stereocenters. The first-order chi connectivity index (χ1) is 9.33. The van der Waals surface area contributed by atoms with Gasteiger partial charge in [-0.25, -0.2) is 9.18 Å². The highest BCUT2D eigenvalue weighted by molar-refractivity contribution is 5.87. The quantitative estimate of drug-likeness (QED) is 0.612. The maximum atomic E-state index is 13.9. The predicted octanol–water partition coefficient (Wildman–Crippen LogP) is 4.14. The Morgan fingerprint density at radius 2 is 2.15 bits per heavy atom. The molecule has 2 nitrogen and oxygen atoms in total. The molecule has 0 aliphatic heterocycles. The summed E-state index contributed by atoms with van der Waals surface area (Å²) in [6.07, 6.45) is 2.56. The number of fused-ring (bicyclic) bond motifs is 1. The molecule has 0 bridgehead atoms. The Morgan fingerprint density at radius 3 is 2.80 bits per heavy atom. The first-order valence-corrected chi connectivity index (χ1v) is 6.99. The van der Waals surface area contributed by atoms with Crippen LogP contribution in [0.1, 0.15) is 50.7 Å². The van der Waals surface area contributed by atoms with Crippen LogP contribution in [-0.2, 0) is 16.0 Å². The van der Waals surface area contributed by atoms with Crippen molar-refractivity contribution in [3.8, 4) is 0 Å². The third-order valence-corrected chi connectivity index (χ3v) is 3.99. The fourth-order valence-corrected chi connectivity index (χ4v) is 2.92. The highest BCUT2D eigenvalue weighted by Gasteiger charge is 2.37. The maximum absolute atomic E-state index is 13.9. The number of ether oxygens (including phenoxy) is 1. The van der Waals surface area contributed by atoms with Crippen molar-refractivity contribution >= 4 is 5.97 Å². The Kier molecular flexibility index (Phi) is 3.98. The number of hydrogen-bond donors (Lipinski definition) is 0. The molecule has 0 saturated carbocycles. The fraction of sp³-hybridized carbons (Fsp3) is 0.471. The lowest BCUT2D eigenvalue weighted by Gasteiger charge is -2.38. The van der Waals surface area contributed by atoms with Crippen molar-refractivity contribution in [2.45, 2.75) is 51.6 Å². The maximum Gasteiger partial charge on any atom is 0.333 e. The Balaban J connectivity index is 2.33. The number of esters is 1. The van der Waals surface area contributed by atoms with Crippen LogP contribution in [0.25, 0.3) is 0 Å². The van der Waals surface area contributed by atoms with Gasteiger partial charge in [-0.1, -0.05) is 18.7 Å². The molecule has 2 rings (SSSR count). The van der Waals surface area contributed by atoms with Gasteiger partial charge in [0.05, 0.1) is 0 Å². The molecular formula is C17H21FO2. The molecule has 0 saturated heterocycles. The molecule has 0 heterocycles. The summed E-state index contributed by atoms with van der Waals surface area (Å²) in [6.45, 7) is 9.01. The van der Waals surface area contributed by atoms with Crippen molar-refractivity contribution in [3.63, 3.8) is 0 Å². The van der Waals surface area contributed by atoms with Gasteiger partial charge in [0.25, 0.3) is 0 Å². The number of rotatable bonds is 3. The van der Waals surface area contributed by atoms with E-state index in [9.17, 15) is 9.18 Å². The van der Waals surface area contributed by atoms with Crippen LogP contribution in [0, 0.1) is 5.82 Å². The largest absolute Gasteiger partial charge is 0.456 e. The molecule has 0 amide bonds. The zero-order valence-corrected chi connectivity index (χ0v) is 12.3. The Hall–Kier alpha value is -1.64.